The fourth-order valence-corrected chi connectivity index (χ4v) is 4.40. The van der Waals surface area contributed by atoms with Crippen LogP contribution < -0.4 is 0 Å². The molecule has 1 amide bonds. The summed E-state index contributed by atoms with van der Waals surface area (Å²) < 4.78 is 31.8. The summed E-state index contributed by atoms with van der Waals surface area (Å²) in [5, 5.41) is 0. The van der Waals surface area contributed by atoms with Crippen molar-refractivity contribution in [1.82, 2.24) is 9.21 Å². The Morgan fingerprint density at radius 1 is 1.21 bits per heavy atom. The molecule has 1 saturated carbocycles. The zero-order valence-corrected chi connectivity index (χ0v) is 15.0. The van der Waals surface area contributed by atoms with Crippen LogP contribution >= 0.6 is 0 Å². The Bertz CT molecular complexity index is 692. The van der Waals surface area contributed by atoms with Crippen molar-refractivity contribution in [3.8, 4) is 0 Å². The minimum Gasteiger partial charge on any atom is -0.379 e. The lowest BCUT2D eigenvalue weighted by atomic mass is 10.1. The van der Waals surface area contributed by atoms with Crippen molar-refractivity contribution >= 4 is 15.9 Å². The number of amides is 1. The largest absolute Gasteiger partial charge is 0.379 e. The molecular weight excluding hydrogens is 328 g/mol. The molecule has 1 saturated heterocycles. The van der Waals surface area contributed by atoms with Crippen molar-refractivity contribution < 1.29 is 17.9 Å². The molecule has 1 heterocycles. The first kappa shape index (κ1) is 17.4. The molecule has 0 bridgehead atoms. The summed E-state index contributed by atoms with van der Waals surface area (Å²) in [4.78, 5) is 14.5. The van der Waals surface area contributed by atoms with E-state index >= 15 is 0 Å². The van der Waals surface area contributed by atoms with Gasteiger partial charge in [0.1, 0.15) is 0 Å². The van der Waals surface area contributed by atoms with Crippen molar-refractivity contribution in [2.45, 2.75) is 30.7 Å². The first-order chi connectivity index (χ1) is 11.4. The van der Waals surface area contributed by atoms with Crippen LogP contribution in [0.3, 0.4) is 0 Å². The van der Waals surface area contributed by atoms with Gasteiger partial charge in [-0.3, -0.25) is 4.79 Å². The highest BCUT2D eigenvalue weighted by Gasteiger charge is 2.33. The van der Waals surface area contributed by atoms with Crippen LogP contribution in [0.5, 0.6) is 0 Å². The Hall–Kier alpha value is -1.44. The molecular formula is C17H24N2O4S. The number of nitrogens with zero attached hydrogens (tertiary/aromatic N) is 2. The van der Waals surface area contributed by atoms with E-state index in [0.717, 1.165) is 0 Å². The van der Waals surface area contributed by atoms with Crippen LogP contribution in [0.4, 0.5) is 0 Å². The predicted molar refractivity (Wildman–Crippen MR) is 90.3 cm³/mol. The standard InChI is InChI=1S/C17H24N2O4S/c1-13(14-3-4-14)18(2)17(20)15-5-7-16(8-6-15)24(21,22)19-9-11-23-12-10-19/h5-8,13-14H,3-4,9-12H2,1-2H3/t13-/m1/s1. The summed E-state index contributed by atoms with van der Waals surface area (Å²) in [7, 11) is -1.71. The van der Waals surface area contributed by atoms with Gasteiger partial charge >= 0.3 is 0 Å². The van der Waals surface area contributed by atoms with Gasteiger partial charge in [-0.25, -0.2) is 8.42 Å². The van der Waals surface area contributed by atoms with E-state index in [9.17, 15) is 13.2 Å². The van der Waals surface area contributed by atoms with Crippen LogP contribution in [0.1, 0.15) is 30.1 Å². The minimum absolute atomic E-state index is 0.0651. The number of hydrogen-bond donors (Lipinski definition) is 0. The molecule has 1 atom stereocenters. The number of carbonyl (C=O) groups is 1. The van der Waals surface area contributed by atoms with E-state index in [0.29, 0.717) is 37.8 Å². The van der Waals surface area contributed by atoms with Gasteiger partial charge < -0.3 is 9.64 Å². The van der Waals surface area contributed by atoms with Crippen molar-refractivity contribution in [2.24, 2.45) is 5.92 Å². The third-order valence-electron chi connectivity index (χ3n) is 4.94. The first-order valence-electron chi connectivity index (χ1n) is 8.36. The Kier molecular flexibility index (Phi) is 4.94. The quantitative estimate of drug-likeness (QED) is 0.807. The van der Waals surface area contributed by atoms with Gasteiger partial charge in [0.05, 0.1) is 18.1 Å². The maximum atomic E-state index is 12.6. The second-order valence-electron chi connectivity index (χ2n) is 6.53. The predicted octanol–water partition coefficient (Wildman–Crippen LogP) is 1.58. The second-order valence-corrected chi connectivity index (χ2v) is 8.47. The average Bonchev–Trinajstić information content (AvgIpc) is 3.46. The van der Waals surface area contributed by atoms with Gasteiger partial charge in [0.25, 0.3) is 5.91 Å². The fourth-order valence-electron chi connectivity index (χ4n) is 2.99. The Labute approximate surface area is 143 Å². The molecule has 1 aromatic rings. The van der Waals surface area contributed by atoms with Crippen molar-refractivity contribution in [2.75, 3.05) is 33.4 Å². The Morgan fingerprint density at radius 2 is 1.79 bits per heavy atom. The van der Waals surface area contributed by atoms with Gasteiger partial charge in [-0.05, 0) is 49.9 Å². The molecule has 6 nitrogen and oxygen atoms in total. The SMILES string of the molecule is C[C@H](C1CC1)N(C)C(=O)c1ccc(S(=O)(=O)N2CCOCC2)cc1. The summed E-state index contributed by atoms with van der Waals surface area (Å²) in [6, 6.07) is 6.47. The highest BCUT2D eigenvalue weighted by Crippen LogP contribution is 2.35. The van der Waals surface area contributed by atoms with Crippen LogP contribution in [0.2, 0.25) is 0 Å². The fraction of sp³-hybridized carbons (Fsp3) is 0.588. The van der Waals surface area contributed by atoms with E-state index in [1.54, 1.807) is 17.0 Å². The molecule has 7 heteroatoms. The van der Waals surface area contributed by atoms with Crippen LogP contribution in [-0.2, 0) is 14.8 Å². The van der Waals surface area contributed by atoms with Crippen molar-refractivity contribution in [3.05, 3.63) is 29.8 Å². The summed E-state index contributed by atoms with van der Waals surface area (Å²) in [6.07, 6.45) is 2.35. The number of rotatable bonds is 5. The summed E-state index contributed by atoms with van der Waals surface area (Å²) in [5.74, 6) is 0.532. The molecule has 0 N–H and O–H groups in total. The molecule has 132 valence electrons. The normalized spacial score (nSPS) is 20.6. The lowest BCUT2D eigenvalue weighted by molar-refractivity contribution is 0.0727. The number of morpholine rings is 1. The number of sulfonamides is 1. The third kappa shape index (κ3) is 3.48. The van der Waals surface area contributed by atoms with E-state index in [4.69, 9.17) is 4.74 Å². The monoisotopic (exact) mass is 352 g/mol. The van der Waals surface area contributed by atoms with Gasteiger partial charge in [0, 0.05) is 31.7 Å². The van der Waals surface area contributed by atoms with Gasteiger partial charge in [-0.15, -0.1) is 0 Å². The first-order valence-corrected chi connectivity index (χ1v) is 9.80. The van der Waals surface area contributed by atoms with Gasteiger partial charge in [0.2, 0.25) is 10.0 Å². The molecule has 24 heavy (non-hydrogen) atoms. The molecule has 1 aliphatic carbocycles. The lowest BCUT2D eigenvalue weighted by Gasteiger charge is -2.26. The molecule has 0 unspecified atom stereocenters. The summed E-state index contributed by atoms with van der Waals surface area (Å²) >= 11 is 0. The lowest BCUT2D eigenvalue weighted by Crippen LogP contribution is -2.40. The topological polar surface area (TPSA) is 66.9 Å². The molecule has 2 fully saturated rings. The smallest absolute Gasteiger partial charge is 0.253 e. The zero-order valence-electron chi connectivity index (χ0n) is 14.1. The highest BCUT2D eigenvalue weighted by atomic mass is 32.2. The highest BCUT2D eigenvalue weighted by molar-refractivity contribution is 7.89. The third-order valence-corrected chi connectivity index (χ3v) is 6.86. The van der Waals surface area contributed by atoms with E-state index in [1.165, 1.54) is 29.3 Å². The van der Waals surface area contributed by atoms with E-state index in [-0.39, 0.29) is 16.8 Å². The molecule has 1 aromatic carbocycles. The van der Waals surface area contributed by atoms with Crippen LogP contribution in [0.25, 0.3) is 0 Å². The second kappa shape index (κ2) is 6.82. The zero-order chi connectivity index (χ0) is 17.3. The molecule has 3 rings (SSSR count). The molecule has 2 aliphatic rings. The van der Waals surface area contributed by atoms with Gasteiger partial charge in [-0.2, -0.15) is 4.31 Å². The summed E-state index contributed by atoms with van der Waals surface area (Å²) in [6.45, 7) is 3.63. The molecule has 0 spiro atoms. The van der Waals surface area contributed by atoms with Crippen LogP contribution in [-0.4, -0.2) is 62.9 Å². The van der Waals surface area contributed by atoms with Crippen molar-refractivity contribution in [1.29, 1.82) is 0 Å². The molecule has 0 aromatic heterocycles. The Balaban J connectivity index is 1.73. The Morgan fingerprint density at radius 3 is 2.33 bits per heavy atom. The molecule has 0 radical (unpaired) electrons. The molecule has 1 aliphatic heterocycles. The van der Waals surface area contributed by atoms with Crippen LogP contribution in [0, 0.1) is 5.92 Å². The van der Waals surface area contributed by atoms with E-state index in [2.05, 4.69) is 6.92 Å². The van der Waals surface area contributed by atoms with Gasteiger partial charge in [-0.1, -0.05) is 0 Å². The number of ether oxygens (including phenoxy) is 1. The number of benzene rings is 1. The van der Waals surface area contributed by atoms with E-state index < -0.39 is 10.0 Å². The number of carbonyl (C=O) groups excluding carboxylic acids is 1. The number of hydrogen-bond acceptors (Lipinski definition) is 4. The van der Waals surface area contributed by atoms with Gasteiger partial charge in [0.15, 0.2) is 0 Å². The van der Waals surface area contributed by atoms with Crippen molar-refractivity contribution in [3.63, 3.8) is 0 Å². The maximum absolute atomic E-state index is 12.6. The minimum atomic E-state index is -3.52. The summed E-state index contributed by atoms with van der Waals surface area (Å²) in [5.41, 5.74) is 0.519. The maximum Gasteiger partial charge on any atom is 0.253 e. The van der Waals surface area contributed by atoms with Crippen LogP contribution in [0.15, 0.2) is 29.2 Å². The van der Waals surface area contributed by atoms with E-state index in [1.807, 2.05) is 7.05 Å². The average molecular weight is 352 g/mol.